The molecule has 3 N–H and O–H groups in total. The summed E-state index contributed by atoms with van der Waals surface area (Å²) in [6.45, 7) is 3.14. The lowest BCUT2D eigenvalue weighted by molar-refractivity contribution is 0.122. The van der Waals surface area contributed by atoms with Gasteiger partial charge in [0.15, 0.2) is 5.82 Å². The lowest BCUT2D eigenvalue weighted by Crippen LogP contribution is -2.37. The molecule has 0 radical (unpaired) electrons. The Hall–Kier alpha value is -2.38. The molecule has 1 aromatic heterocycles. The fraction of sp³-hybridized carbons (Fsp3) is 0.316. The fourth-order valence-electron chi connectivity index (χ4n) is 2.83. The molecular formula is C19H23N5OS. The van der Waals surface area contributed by atoms with Crippen molar-refractivity contribution in [3.63, 3.8) is 0 Å². The van der Waals surface area contributed by atoms with Gasteiger partial charge in [-0.2, -0.15) is 11.8 Å². The highest BCUT2D eigenvalue weighted by Gasteiger charge is 2.15. The molecule has 0 bridgehead atoms. The summed E-state index contributed by atoms with van der Waals surface area (Å²) in [5, 5.41) is 7.41. The summed E-state index contributed by atoms with van der Waals surface area (Å²) in [5.74, 6) is 2.52. The first-order chi connectivity index (χ1) is 12.7. The van der Waals surface area contributed by atoms with E-state index in [9.17, 15) is 0 Å². The smallest absolute Gasteiger partial charge is 0.161 e. The van der Waals surface area contributed by atoms with Crippen molar-refractivity contribution >= 4 is 29.4 Å². The lowest BCUT2D eigenvalue weighted by atomic mass is 10.1. The third-order valence-corrected chi connectivity index (χ3v) is 4.79. The molecule has 1 aromatic carbocycles. The lowest BCUT2D eigenvalue weighted by Gasteiger charge is -2.28. The Balaban J connectivity index is 1.95. The predicted octanol–water partition coefficient (Wildman–Crippen LogP) is 2.79. The molecule has 6 nitrogen and oxygen atoms in total. The van der Waals surface area contributed by atoms with E-state index in [-0.39, 0.29) is 0 Å². The molecule has 7 heteroatoms. The number of hydrogen-bond donors (Lipinski definition) is 2. The first-order valence-corrected chi connectivity index (χ1v) is 9.87. The van der Waals surface area contributed by atoms with Gasteiger partial charge in [0, 0.05) is 48.5 Å². The SMILES string of the molecule is CSCc1cc(N2CCOCC2)nc(-c2ccc(/C(C=N)=C/N)cc2)n1. The maximum Gasteiger partial charge on any atom is 0.161 e. The highest BCUT2D eigenvalue weighted by molar-refractivity contribution is 7.97. The van der Waals surface area contributed by atoms with E-state index in [0.29, 0.717) is 5.57 Å². The number of allylic oxidation sites excluding steroid dienone is 1. The number of nitrogens with zero attached hydrogens (tertiary/aromatic N) is 3. The van der Waals surface area contributed by atoms with Crippen molar-refractivity contribution in [1.29, 1.82) is 5.41 Å². The van der Waals surface area contributed by atoms with Gasteiger partial charge in [-0.1, -0.05) is 24.3 Å². The van der Waals surface area contributed by atoms with Crippen LogP contribution < -0.4 is 10.6 Å². The van der Waals surface area contributed by atoms with Crippen LogP contribution in [0.2, 0.25) is 0 Å². The summed E-state index contributed by atoms with van der Waals surface area (Å²) in [4.78, 5) is 11.8. The van der Waals surface area contributed by atoms with Gasteiger partial charge < -0.3 is 20.8 Å². The topological polar surface area (TPSA) is 88.1 Å². The number of benzene rings is 1. The summed E-state index contributed by atoms with van der Waals surface area (Å²) in [6.07, 6.45) is 4.76. The number of hydrogen-bond acceptors (Lipinski definition) is 7. The molecule has 0 atom stereocenters. The van der Waals surface area contributed by atoms with E-state index in [2.05, 4.69) is 17.2 Å². The second-order valence-corrected chi connectivity index (χ2v) is 6.78. The van der Waals surface area contributed by atoms with Crippen molar-refractivity contribution in [3.8, 4) is 11.4 Å². The molecule has 1 saturated heterocycles. The zero-order valence-corrected chi connectivity index (χ0v) is 15.6. The largest absolute Gasteiger partial charge is 0.404 e. The minimum atomic E-state index is 0.683. The van der Waals surface area contributed by atoms with Crippen LogP contribution in [0.3, 0.4) is 0 Å². The normalized spacial score (nSPS) is 15.1. The van der Waals surface area contributed by atoms with E-state index in [1.54, 1.807) is 11.8 Å². The van der Waals surface area contributed by atoms with Crippen molar-refractivity contribution in [3.05, 3.63) is 47.8 Å². The first kappa shape index (κ1) is 18.4. The van der Waals surface area contributed by atoms with Crippen LogP contribution in [-0.4, -0.2) is 48.7 Å². The van der Waals surface area contributed by atoms with E-state index in [1.165, 1.54) is 12.4 Å². The zero-order valence-electron chi connectivity index (χ0n) is 14.8. The first-order valence-electron chi connectivity index (χ1n) is 8.48. The maximum absolute atomic E-state index is 7.41. The van der Waals surface area contributed by atoms with Crippen molar-refractivity contribution in [2.75, 3.05) is 37.5 Å². The van der Waals surface area contributed by atoms with Crippen molar-refractivity contribution in [2.24, 2.45) is 5.73 Å². The molecule has 26 heavy (non-hydrogen) atoms. The van der Waals surface area contributed by atoms with Gasteiger partial charge in [-0.05, 0) is 11.8 Å². The monoisotopic (exact) mass is 369 g/mol. The molecule has 136 valence electrons. The number of thioether (sulfide) groups is 1. The van der Waals surface area contributed by atoms with Gasteiger partial charge in [-0.15, -0.1) is 0 Å². The van der Waals surface area contributed by atoms with Crippen LogP contribution >= 0.6 is 11.8 Å². The Bertz CT molecular complexity index is 785. The molecule has 1 aliphatic rings. The van der Waals surface area contributed by atoms with E-state index < -0.39 is 0 Å². The number of morpholine rings is 1. The van der Waals surface area contributed by atoms with Crippen molar-refractivity contribution in [1.82, 2.24) is 9.97 Å². The quantitative estimate of drug-likeness (QED) is 0.761. The fourth-order valence-corrected chi connectivity index (χ4v) is 3.27. The van der Waals surface area contributed by atoms with Gasteiger partial charge in [0.1, 0.15) is 5.82 Å². The standard InChI is InChI=1S/C19H23N5OS/c1-26-13-17-10-18(24-6-8-25-9-7-24)23-19(22-17)15-4-2-14(3-5-15)16(11-20)12-21/h2-5,10-12,20H,6-9,13,21H2,1H3/b16-12+,20-11?. The Morgan fingerprint density at radius 3 is 2.62 bits per heavy atom. The molecule has 3 rings (SSSR count). The molecular weight excluding hydrogens is 346 g/mol. The van der Waals surface area contributed by atoms with Crippen LogP contribution in [0.1, 0.15) is 11.3 Å². The number of aromatic nitrogens is 2. The summed E-state index contributed by atoms with van der Waals surface area (Å²) in [5.41, 5.74) is 9.12. The van der Waals surface area contributed by atoms with E-state index in [0.717, 1.165) is 60.5 Å². The minimum Gasteiger partial charge on any atom is -0.404 e. The predicted molar refractivity (Wildman–Crippen MR) is 109 cm³/mol. The maximum atomic E-state index is 7.41. The van der Waals surface area contributed by atoms with Crippen LogP contribution in [-0.2, 0) is 10.5 Å². The molecule has 0 unspecified atom stereocenters. The molecule has 0 aliphatic carbocycles. The summed E-state index contributed by atoms with van der Waals surface area (Å²) < 4.78 is 5.45. The van der Waals surface area contributed by atoms with E-state index in [4.69, 9.17) is 25.8 Å². The van der Waals surface area contributed by atoms with Crippen LogP contribution in [0.5, 0.6) is 0 Å². The highest BCUT2D eigenvalue weighted by Crippen LogP contribution is 2.24. The molecule has 0 amide bonds. The van der Waals surface area contributed by atoms with Crippen molar-refractivity contribution in [2.45, 2.75) is 5.75 Å². The number of nitrogens with two attached hydrogens (primary N) is 1. The number of rotatable bonds is 6. The summed E-state index contributed by atoms with van der Waals surface area (Å²) in [6, 6.07) is 9.91. The van der Waals surface area contributed by atoms with E-state index >= 15 is 0 Å². The summed E-state index contributed by atoms with van der Waals surface area (Å²) >= 11 is 1.75. The Labute approximate surface area is 158 Å². The van der Waals surface area contributed by atoms with Gasteiger partial charge in [0.25, 0.3) is 0 Å². The molecule has 0 spiro atoms. The second kappa shape index (κ2) is 8.82. The molecule has 2 aromatic rings. The van der Waals surface area contributed by atoms with E-state index in [1.807, 2.05) is 24.3 Å². The third kappa shape index (κ3) is 4.23. The van der Waals surface area contributed by atoms with Crippen LogP contribution in [0.15, 0.2) is 36.5 Å². The Morgan fingerprint density at radius 2 is 2.00 bits per heavy atom. The Kier molecular flexibility index (Phi) is 6.25. The minimum absolute atomic E-state index is 0.683. The highest BCUT2D eigenvalue weighted by atomic mass is 32.2. The number of nitrogens with one attached hydrogen (secondary N) is 1. The van der Waals surface area contributed by atoms with Gasteiger partial charge in [-0.3, -0.25) is 0 Å². The zero-order chi connectivity index (χ0) is 18.4. The van der Waals surface area contributed by atoms with Crippen LogP contribution in [0, 0.1) is 5.41 Å². The van der Waals surface area contributed by atoms with Crippen LogP contribution in [0.4, 0.5) is 5.82 Å². The number of ether oxygens (including phenoxy) is 1. The van der Waals surface area contributed by atoms with Gasteiger partial charge in [0.2, 0.25) is 0 Å². The van der Waals surface area contributed by atoms with Gasteiger partial charge in [0.05, 0.1) is 18.9 Å². The second-order valence-electron chi connectivity index (χ2n) is 5.92. The molecule has 1 fully saturated rings. The molecule has 1 aliphatic heterocycles. The number of anilines is 1. The molecule has 2 heterocycles. The Morgan fingerprint density at radius 1 is 1.27 bits per heavy atom. The molecule has 0 saturated carbocycles. The van der Waals surface area contributed by atoms with Gasteiger partial charge in [-0.25, -0.2) is 9.97 Å². The van der Waals surface area contributed by atoms with Crippen molar-refractivity contribution < 1.29 is 4.74 Å². The average Bonchev–Trinajstić information content (AvgIpc) is 2.70. The summed E-state index contributed by atoms with van der Waals surface area (Å²) in [7, 11) is 0. The average molecular weight is 369 g/mol. The van der Waals surface area contributed by atoms with Gasteiger partial charge >= 0.3 is 0 Å². The third-order valence-electron chi connectivity index (χ3n) is 4.20. The van der Waals surface area contributed by atoms with Crippen LogP contribution in [0.25, 0.3) is 17.0 Å².